The van der Waals surface area contributed by atoms with Gasteiger partial charge in [0.2, 0.25) is 7.37 Å². The van der Waals surface area contributed by atoms with Crippen LogP contribution >= 0.6 is 7.37 Å². The second-order valence-electron chi connectivity index (χ2n) is 5.15. The molecule has 0 saturated carbocycles. The second-order valence-corrected chi connectivity index (χ2v) is 7.77. The maximum Gasteiger partial charge on any atom is 0.203 e. The highest BCUT2D eigenvalue weighted by Gasteiger charge is 2.37. The summed E-state index contributed by atoms with van der Waals surface area (Å²) < 4.78 is 17.8. The van der Waals surface area contributed by atoms with E-state index >= 15 is 0 Å². The van der Waals surface area contributed by atoms with Crippen LogP contribution in [0.15, 0.2) is 0 Å². The molecule has 1 saturated heterocycles. The van der Waals surface area contributed by atoms with Gasteiger partial charge in [-0.2, -0.15) is 0 Å². The Bertz CT molecular complexity index is 211. The summed E-state index contributed by atoms with van der Waals surface area (Å²) >= 11 is 0. The SMILES string of the molecule is CC(C)CCOP1(=O)C[C@H](C)[C@@H](C)C1. The summed E-state index contributed by atoms with van der Waals surface area (Å²) in [6.45, 7) is 9.36. The van der Waals surface area contributed by atoms with Crippen LogP contribution in [-0.2, 0) is 9.09 Å². The molecule has 0 radical (unpaired) electrons. The van der Waals surface area contributed by atoms with E-state index in [-0.39, 0.29) is 0 Å². The van der Waals surface area contributed by atoms with Gasteiger partial charge in [-0.1, -0.05) is 27.7 Å². The summed E-state index contributed by atoms with van der Waals surface area (Å²) in [5.74, 6) is 1.78. The van der Waals surface area contributed by atoms with Crippen LogP contribution in [0.1, 0.15) is 34.1 Å². The van der Waals surface area contributed by atoms with E-state index in [2.05, 4.69) is 27.7 Å². The van der Waals surface area contributed by atoms with Crippen molar-refractivity contribution in [1.29, 1.82) is 0 Å². The largest absolute Gasteiger partial charge is 0.328 e. The van der Waals surface area contributed by atoms with Crippen LogP contribution in [0.5, 0.6) is 0 Å². The monoisotopic (exact) mass is 218 g/mol. The van der Waals surface area contributed by atoms with Gasteiger partial charge in [-0.15, -0.1) is 0 Å². The molecule has 0 aromatic carbocycles. The third-order valence-corrected chi connectivity index (χ3v) is 6.04. The van der Waals surface area contributed by atoms with Gasteiger partial charge < -0.3 is 4.52 Å². The first-order valence-corrected chi connectivity index (χ1v) is 7.65. The lowest BCUT2D eigenvalue weighted by molar-refractivity contribution is 0.290. The van der Waals surface area contributed by atoms with Gasteiger partial charge in [0, 0.05) is 12.3 Å². The predicted molar refractivity (Wildman–Crippen MR) is 61.1 cm³/mol. The van der Waals surface area contributed by atoms with Crippen LogP contribution < -0.4 is 0 Å². The fourth-order valence-corrected chi connectivity index (χ4v) is 5.15. The summed E-state index contributed by atoms with van der Waals surface area (Å²) in [5.41, 5.74) is 0. The van der Waals surface area contributed by atoms with Crippen molar-refractivity contribution < 1.29 is 9.09 Å². The van der Waals surface area contributed by atoms with E-state index < -0.39 is 7.37 Å². The van der Waals surface area contributed by atoms with Crippen molar-refractivity contribution in [1.82, 2.24) is 0 Å². The van der Waals surface area contributed by atoms with Crippen molar-refractivity contribution in [3.8, 4) is 0 Å². The van der Waals surface area contributed by atoms with E-state index in [1.165, 1.54) is 0 Å². The lowest BCUT2D eigenvalue weighted by Crippen LogP contribution is -2.01. The van der Waals surface area contributed by atoms with Crippen molar-refractivity contribution in [2.45, 2.75) is 34.1 Å². The summed E-state index contributed by atoms with van der Waals surface area (Å²) in [5, 5.41) is 0. The van der Waals surface area contributed by atoms with Crippen molar-refractivity contribution in [2.24, 2.45) is 17.8 Å². The standard InChI is InChI=1S/C11H23O2P/c1-9(2)5-6-13-14(12)7-10(3)11(4)8-14/h9-11H,5-8H2,1-4H3/t10-,11-/m0/s1. The van der Waals surface area contributed by atoms with E-state index in [0.717, 1.165) is 18.7 Å². The van der Waals surface area contributed by atoms with E-state index in [1.54, 1.807) is 0 Å². The van der Waals surface area contributed by atoms with Crippen LogP contribution in [0, 0.1) is 17.8 Å². The maximum atomic E-state index is 12.2. The van der Waals surface area contributed by atoms with Crippen molar-refractivity contribution >= 4 is 7.37 Å². The Morgan fingerprint density at radius 2 is 1.79 bits per heavy atom. The summed E-state index contributed by atoms with van der Waals surface area (Å²) in [6.07, 6.45) is 2.62. The summed E-state index contributed by atoms with van der Waals surface area (Å²) in [4.78, 5) is 0. The topological polar surface area (TPSA) is 26.3 Å². The van der Waals surface area contributed by atoms with Gasteiger partial charge in [0.15, 0.2) is 0 Å². The highest BCUT2D eigenvalue weighted by atomic mass is 31.2. The molecule has 1 aliphatic rings. The molecular formula is C11H23O2P. The van der Waals surface area contributed by atoms with Crippen LogP contribution in [0.2, 0.25) is 0 Å². The van der Waals surface area contributed by atoms with Gasteiger partial charge in [0.05, 0.1) is 6.61 Å². The van der Waals surface area contributed by atoms with Gasteiger partial charge in [-0.25, -0.2) is 0 Å². The molecule has 0 amide bonds. The van der Waals surface area contributed by atoms with Gasteiger partial charge in [0.25, 0.3) is 0 Å². The molecule has 2 nitrogen and oxygen atoms in total. The second kappa shape index (κ2) is 4.81. The predicted octanol–water partition coefficient (Wildman–Crippen LogP) is 3.61. The molecule has 1 fully saturated rings. The van der Waals surface area contributed by atoms with Crippen LogP contribution in [0.4, 0.5) is 0 Å². The summed E-state index contributed by atoms with van der Waals surface area (Å²) in [6, 6.07) is 0. The molecule has 1 rings (SSSR count). The molecule has 0 aliphatic carbocycles. The Labute approximate surface area is 87.9 Å². The van der Waals surface area contributed by atoms with Gasteiger partial charge >= 0.3 is 0 Å². The van der Waals surface area contributed by atoms with Gasteiger partial charge in [-0.05, 0) is 24.2 Å². The molecule has 1 heterocycles. The molecule has 0 aromatic heterocycles. The molecular weight excluding hydrogens is 195 g/mol. The quantitative estimate of drug-likeness (QED) is 0.674. The lowest BCUT2D eigenvalue weighted by atomic mass is 10.0. The molecule has 0 bridgehead atoms. The van der Waals surface area contributed by atoms with Crippen molar-refractivity contribution in [3.05, 3.63) is 0 Å². The van der Waals surface area contributed by atoms with Crippen LogP contribution in [0.3, 0.4) is 0 Å². The van der Waals surface area contributed by atoms with E-state index in [4.69, 9.17) is 4.52 Å². The normalized spacial score (nSPS) is 31.2. The molecule has 0 aromatic rings. The molecule has 84 valence electrons. The zero-order chi connectivity index (χ0) is 10.8. The first kappa shape index (κ1) is 12.3. The molecule has 1 aliphatic heterocycles. The zero-order valence-corrected chi connectivity index (χ0v) is 10.7. The molecule has 0 unspecified atom stereocenters. The minimum absolute atomic E-state index is 0.569. The van der Waals surface area contributed by atoms with Crippen LogP contribution in [-0.4, -0.2) is 18.9 Å². The molecule has 0 spiro atoms. The Hall–Kier alpha value is 0.190. The molecule has 3 heteroatoms. The minimum atomic E-state index is -2.24. The maximum absolute atomic E-state index is 12.2. The van der Waals surface area contributed by atoms with E-state index in [0.29, 0.717) is 24.4 Å². The zero-order valence-electron chi connectivity index (χ0n) is 9.82. The van der Waals surface area contributed by atoms with Gasteiger partial charge in [-0.3, -0.25) is 4.57 Å². The molecule has 0 N–H and O–H groups in total. The number of hydrogen-bond donors (Lipinski definition) is 0. The molecule has 2 atom stereocenters. The fourth-order valence-electron chi connectivity index (χ4n) is 1.87. The molecule has 14 heavy (non-hydrogen) atoms. The fraction of sp³-hybridized carbons (Fsp3) is 1.00. The highest BCUT2D eigenvalue weighted by molar-refractivity contribution is 7.59. The first-order valence-electron chi connectivity index (χ1n) is 5.65. The van der Waals surface area contributed by atoms with E-state index in [9.17, 15) is 4.57 Å². The third kappa shape index (κ3) is 3.40. The summed E-state index contributed by atoms with van der Waals surface area (Å²) in [7, 11) is -2.24. The van der Waals surface area contributed by atoms with Gasteiger partial charge in [0.1, 0.15) is 0 Å². The van der Waals surface area contributed by atoms with Crippen LogP contribution in [0.25, 0.3) is 0 Å². The Balaban J connectivity index is 2.34. The lowest BCUT2D eigenvalue weighted by Gasteiger charge is -2.13. The third-order valence-electron chi connectivity index (χ3n) is 3.13. The number of rotatable bonds is 4. The highest BCUT2D eigenvalue weighted by Crippen LogP contribution is 2.57. The first-order chi connectivity index (χ1) is 6.43. The van der Waals surface area contributed by atoms with Crippen molar-refractivity contribution in [3.63, 3.8) is 0 Å². The van der Waals surface area contributed by atoms with Crippen molar-refractivity contribution in [2.75, 3.05) is 18.9 Å². The average molecular weight is 218 g/mol. The smallest absolute Gasteiger partial charge is 0.203 e. The Morgan fingerprint density at radius 1 is 1.29 bits per heavy atom. The minimum Gasteiger partial charge on any atom is -0.328 e. The Morgan fingerprint density at radius 3 is 2.21 bits per heavy atom. The number of hydrogen-bond acceptors (Lipinski definition) is 2. The van der Waals surface area contributed by atoms with E-state index in [1.807, 2.05) is 0 Å². The average Bonchev–Trinajstić information content (AvgIpc) is 2.25. The Kier molecular flexibility index (Phi) is 4.21.